The van der Waals surface area contributed by atoms with Gasteiger partial charge in [-0.3, -0.25) is 9.78 Å². The van der Waals surface area contributed by atoms with Gasteiger partial charge in [0.25, 0.3) is 0 Å². The summed E-state index contributed by atoms with van der Waals surface area (Å²) in [5.74, 6) is 1.49. The second-order valence-corrected chi connectivity index (χ2v) is 8.32. The fourth-order valence-electron chi connectivity index (χ4n) is 4.46. The normalized spacial score (nSPS) is 15.6. The lowest BCUT2D eigenvalue weighted by Crippen LogP contribution is -2.40. The minimum Gasteiger partial charge on any atom is -0.454 e. The Morgan fingerprint density at radius 1 is 1.19 bits per heavy atom. The van der Waals surface area contributed by atoms with Gasteiger partial charge in [0, 0.05) is 37.1 Å². The summed E-state index contributed by atoms with van der Waals surface area (Å²) in [5.41, 5.74) is 4.51. The minimum absolute atomic E-state index is 0.0411. The van der Waals surface area contributed by atoms with E-state index in [9.17, 15) is 10.1 Å². The predicted octanol–water partition coefficient (Wildman–Crippen LogP) is 3.68. The Balaban J connectivity index is 1.25. The van der Waals surface area contributed by atoms with Crippen LogP contribution in [0.4, 0.5) is 5.69 Å². The molecule has 2 aliphatic rings. The molecule has 1 amide bonds. The van der Waals surface area contributed by atoms with Gasteiger partial charge in [-0.05, 0) is 49.6 Å². The second-order valence-electron chi connectivity index (χ2n) is 8.32. The van der Waals surface area contributed by atoms with Crippen LogP contribution >= 0.6 is 0 Å². The Labute approximate surface area is 186 Å². The number of nitrogens with one attached hydrogen (secondary N) is 1. The zero-order valence-electron chi connectivity index (χ0n) is 17.9. The standard InChI is InChI=1S/C25H24N4O3/c1-16-2-4-21-20(10-16)24(19(12-26)14-27-21)29-8-6-18(7-9-29)25(30)28-13-17-3-5-22-23(11-17)32-15-31-22/h2-5,10-11,14,18H,6-9,13,15H2,1H3,(H,28,30). The van der Waals surface area contributed by atoms with Crippen LogP contribution in [0.25, 0.3) is 10.9 Å². The van der Waals surface area contributed by atoms with Crippen molar-refractivity contribution in [2.24, 2.45) is 5.92 Å². The Bertz CT molecular complexity index is 1230. The van der Waals surface area contributed by atoms with Gasteiger partial charge in [0.1, 0.15) is 6.07 Å². The van der Waals surface area contributed by atoms with Gasteiger partial charge < -0.3 is 19.7 Å². The quantitative estimate of drug-likeness (QED) is 0.682. The van der Waals surface area contributed by atoms with E-state index in [4.69, 9.17) is 9.47 Å². The molecule has 2 aromatic carbocycles. The molecule has 3 heterocycles. The van der Waals surface area contributed by atoms with Gasteiger partial charge in [0.15, 0.2) is 11.5 Å². The zero-order chi connectivity index (χ0) is 22.1. The maximum atomic E-state index is 12.8. The maximum absolute atomic E-state index is 12.8. The monoisotopic (exact) mass is 428 g/mol. The lowest BCUT2D eigenvalue weighted by atomic mass is 9.94. The molecular formula is C25H24N4O3. The van der Waals surface area contributed by atoms with Crippen LogP contribution in [0, 0.1) is 24.2 Å². The number of piperidine rings is 1. The van der Waals surface area contributed by atoms with Crippen LogP contribution in [0.3, 0.4) is 0 Å². The van der Waals surface area contributed by atoms with Gasteiger partial charge in [-0.25, -0.2) is 0 Å². The molecule has 5 rings (SSSR count). The number of aromatic nitrogens is 1. The smallest absolute Gasteiger partial charge is 0.231 e. The van der Waals surface area contributed by atoms with E-state index in [-0.39, 0.29) is 18.6 Å². The first kappa shape index (κ1) is 20.1. The summed E-state index contributed by atoms with van der Waals surface area (Å²) in [5, 5.41) is 13.7. The number of carbonyl (C=O) groups excluding carboxylic acids is 1. The van der Waals surface area contributed by atoms with Crippen molar-refractivity contribution < 1.29 is 14.3 Å². The number of nitrogens with zero attached hydrogens (tertiary/aromatic N) is 3. The summed E-state index contributed by atoms with van der Waals surface area (Å²) in [6.07, 6.45) is 3.14. The van der Waals surface area contributed by atoms with Crippen molar-refractivity contribution in [2.45, 2.75) is 26.3 Å². The van der Waals surface area contributed by atoms with Crippen molar-refractivity contribution >= 4 is 22.5 Å². The first-order valence-corrected chi connectivity index (χ1v) is 10.8. The van der Waals surface area contributed by atoms with E-state index in [1.807, 2.05) is 37.3 Å². The third-order valence-corrected chi connectivity index (χ3v) is 6.20. The molecule has 0 atom stereocenters. The number of fused-ring (bicyclic) bond motifs is 2. The SMILES string of the molecule is Cc1ccc2ncc(C#N)c(N3CCC(C(=O)NCc4ccc5c(c4)OCO5)CC3)c2c1. The van der Waals surface area contributed by atoms with Gasteiger partial charge in [0.2, 0.25) is 12.7 Å². The maximum Gasteiger partial charge on any atom is 0.231 e. The summed E-state index contributed by atoms with van der Waals surface area (Å²) in [4.78, 5) is 19.4. The van der Waals surface area contributed by atoms with Crippen LogP contribution in [-0.2, 0) is 11.3 Å². The highest BCUT2D eigenvalue weighted by Gasteiger charge is 2.27. The second kappa shape index (κ2) is 8.39. The zero-order valence-corrected chi connectivity index (χ0v) is 17.9. The van der Waals surface area contributed by atoms with Crippen molar-refractivity contribution in [1.82, 2.24) is 10.3 Å². The number of ether oxygens (including phenoxy) is 2. The molecule has 1 N–H and O–H groups in total. The number of anilines is 1. The van der Waals surface area contributed by atoms with Crippen molar-refractivity contribution in [1.29, 1.82) is 5.26 Å². The van der Waals surface area contributed by atoms with Gasteiger partial charge in [0.05, 0.1) is 16.8 Å². The van der Waals surface area contributed by atoms with Crippen LogP contribution in [0.15, 0.2) is 42.6 Å². The molecule has 2 aliphatic heterocycles. The number of benzene rings is 2. The molecule has 3 aromatic rings. The number of hydrogen-bond donors (Lipinski definition) is 1. The average Bonchev–Trinajstić information content (AvgIpc) is 3.30. The van der Waals surface area contributed by atoms with Crippen molar-refractivity contribution in [3.63, 3.8) is 0 Å². The first-order valence-electron chi connectivity index (χ1n) is 10.8. The van der Waals surface area contributed by atoms with E-state index >= 15 is 0 Å². The fraction of sp³-hybridized carbons (Fsp3) is 0.320. The first-order chi connectivity index (χ1) is 15.6. The average molecular weight is 428 g/mol. The van der Waals surface area contributed by atoms with Crippen LogP contribution in [0.2, 0.25) is 0 Å². The lowest BCUT2D eigenvalue weighted by Gasteiger charge is -2.34. The molecule has 0 aliphatic carbocycles. The third-order valence-electron chi connectivity index (χ3n) is 6.20. The number of hydrogen-bond acceptors (Lipinski definition) is 6. The molecule has 162 valence electrons. The van der Waals surface area contributed by atoms with E-state index in [1.165, 1.54) is 0 Å². The fourth-order valence-corrected chi connectivity index (χ4v) is 4.46. The van der Waals surface area contributed by atoms with E-state index in [0.717, 1.165) is 65.1 Å². The topological polar surface area (TPSA) is 87.5 Å². The number of pyridine rings is 1. The highest BCUT2D eigenvalue weighted by Crippen LogP contribution is 2.34. The lowest BCUT2D eigenvalue weighted by molar-refractivity contribution is -0.125. The Kier molecular flexibility index (Phi) is 5.28. The van der Waals surface area contributed by atoms with Crippen molar-refractivity contribution in [2.75, 3.05) is 24.8 Å². The molecule has 1 aromatic heterocycles. The molecular weight excluding hydrogens is 404 g/mol. The highest BCUT2D eigenvalue weighted by molar-refractivity contribution is 5.95. The van der Waals surface area contributed by atoms with Gasteiger partial charge in [-0.1, -0.05) is 17.7 Å². The molecule has 0 spiro atoms. The van der Waals surface area contributed by atoms with Gasteiger partial charge in [-0.2, -0.15) is 5.26 Å². The van der Waals surface area contributed by atoms with E-state index in [2.05, 4.69) is 27.3 Å². The Morgan fingerprint density at radius 2 is 2.00 bits per heavy atom. The van der Waals surface area contributed by atoms with Crippen LogP contribution < -0.4 is 19.7 Å². The van der Waals surface area contributed by atoms with Crippen LogP contribution in [-0.4, -0.2) is 30.8 Å². The molecule has 0 unspecified atom stereocenters. The summed E-state index contributed by atoms with van der Waals surface area (Å²) in [6.45, 7) is 4.19. The third kappa shape index (κ3) is 3.80. The predicted molar refractivity (Wildman–Crippen MR) is 121 cm³/mol. The largest absolute Gasteiger partial charge is 0.454 e. The summed E-state index contributed by atoms with van der Waals surface area (Å²) in [6, 6.07) is 14.1. The van der Waals surface area contributed by atoms with Gasteiger partial charge >= 0.3 is 0 Å². The van der Waals surface area contributed by atoms with Crippen molar-refractivity contribution in [3.8, 4) is 17.6 Å². The number of aryl methyl sites for hydroxylation is 1. The molecule has 0 radical (unpaired) electrons. The molecule has 7 nitrogen and oxygen atoms in total. The summed E-state index contributed by atoms with van der Waals surface area (Å²) >= 11 is 0. The number of carbonyl (C=O) groups is 1. The number of rotatable bonds is 4. The molecule has 1 saturated heterocycles. The Morgan fingerprint density at radius 3 is 2.81 bits per heavy atom. The summed E-state index contributed by atoms with van der Waals surface area (Å²) in [7, 11) is 0. The van der Waals surface area contributed by atoms with Crippen LogP contribution in [0.1, 0.15) is 29.5 Å². The highest BCUT2D eigenvalue weighted by atomic mass is 16.7. The number of nitriles is 1. The molecule has 0 saturated carbocycles. The summed E-state index contributed by atoms with van der Waals surface area (Å²) < 4.78 is 10.7. The molecule has 7 heteroatoms. The van der Waals surface area contributed by atoms with E-state index in [0.29, 0.717) is 12.1 Å². The van der Waals surface area contributed by atoms with E-state index < -0.39 is 0 Å². The van der Waals surface area contributed by atoms with Crippen molar-refractivity contribution in [3.05, 3.63) is 59.3 Å². The molecule has 1 fully saturated rings. The molecule has 32 heavy (non-hydrogen) atoms. The number of amides is 1. The Hall–Kier alpha value is -3.79. The van der Waals surface area contributed by atoms with Gasteiger partial charge in [-0.15, -0.1) is 0 Å². The minimum atomic E-state index is -0.0411. The molecule has 0 bridgehead atoms. The van der Waals surface area contributed by atoms with E-state index in [1.54, 1.807) is 6.20 Å². The van der Waals surface area contributed by atoms with Crippen LogP contribution in [0.5, 0.6) is 11.5 Å².